The lowest BCUT2D eigenvalue weighted by atomic mass is 9.93. The molecule has 1 heterocycles. The molecule has 1 saturated heterocycles. The predicted molar refractivity (Wildman–Crippen MR) is 65.1 cm³/mol. The van der Waals surface area contributed by atoms with Crippen LogP contribution in [-0.4, -0.2) is 37.1 Å². The van der Waals surface area contributed by atoms with Gasteiger partial charge < -0.3 is 5.32 Å². The molecule has 1 aliphatic carbocycles. The van der Waals surface area contributed by atoms with Crippen molar-refractivity contribution in [3.05, 3.63) is 0 Å². The summed E-state index contributed by atoms with van der Waals surface area (Å²) in [6.45, 7) is 5.04. The van der Waals surface area contributed by atoms with Crippen LogP contribution in [0.4, 0.5) is 0 Å². The summed E-state index contributed by atoms with van der Waals surface area (Å²) in [6, 6.07) is 1.61. The second-order valence-electron chi connectivity index (χ2n) is 5.28. The molecule has 2 fully saturated rings. The average Bonchev–Trinajstić information content (AvgIpc) is 2.77. The molecule has 2 rings (SSSR count). The molecule has 0 spiro atoms. The molecule has 0 aromatic rings. The van der Waals surface area contributed by atoms with Gasteiger partial charge in [0.25, 0.3) is 0 Å². The highest BCUT2D eigenvalue weighted by molar-refractivity contribution is 4.91. The number of hydrogen-bond acceptors (Lipinski definition) is 2. The van der Waals surface area contributed by atoms with Crippen molar-refractivity contribution in [1.29, 1.82) is 0 Å². The third-order valence-electron chi connectivity index (χ3n) is 4.55. The molecule has 0 amide bonds. The summed E-state index contributed by atoms with van der Waals surface area (Å²) in [5, 5.41) is 3.49. The first-order chi connectivity index (χ1) is 7.35. The zero-order valence-corrected chi connectivity index (χ0v) is 10.3. The van der Waals surface area contributed by atoms with Crippen molar-refractivity contribution in [1.82, 2.24) is 10.2 Å². The van der Waals surface area contributed by atoms with Gasteiger partial charge in [0.05, 0.1) is 0 Å². The first-order valence-electron chi connectivity index (χ1n) is 6.76. The van der Waals surface area contributed by atoms with Crippen LogP contribution in [0.1, 0.15) is 45.4 Å². The zero-order valence-electron chi connectivity index (χ0n) is 10.3. The maximum Gasteiger partial charge on any atom is 0.0249 e. The molecule has 2 nitrogen and oxygen atoms in total. The van der Waals surface area contributed by atoms with Gasteiger partial charge in [0.15, 0.2) is 0 Å². The quantitative estimate of drug-likeness (QED) is 0.768. The minimum absolute atomic E-state index is 0.767. The lowest BCUT2D eigenvalue weighted by molar-refractivity contribution is 0.118. The van der Waals surface area contributed by atoms with Crippen molar-refractivity contribution >= 4 is 0 Å². The van der Waals surface area contributed by atoms with Crippen molar-refractivity contribution in [3.8, 4) is 0 Å². The van der Waals surface area contributed by atoms with Gasteiger partial charge in [0, 0.05) is 12.1 Å². The molecular formula is C13H26N2. The lowest BCUT2D eigenvalue weighted by Crippen LogP contribution is -2.48. The number of piperidine rings is 1. The van der Waals surface area contributed by atoms with Crippen LogP contribution in [0.15, 0.2) is 0 Å². The first-order valence-corrected chi connectivity index (χ1v) is 6.76. The van der Waals surface area contributed by atoms with Gasteiger partial charge in [-0.2, -0.15) is 0 Å². The summed E-state index contributed by atoms with van der Waals surface area (Å²) in [7, 11) is 2.13. The summed E-state index contributed by atoms with van der Waals surface area (Å²) in [4.78, 5) is 2.75. The van der Waals surface area contributed by atoms with Crippen LogP contribution in [0.3, 0.4) is 0 Å². The molecule has 2 unspecified atom stereocenters. The van der Waals surface area contributed by atoms with E-state index in [2.05, 4.69) is 24.2 Å². The Kier molecular flexibility index (Phi) is 4.04. The van der Waals surface area contributed by atoms with E-state index in [1.165, 1.54) is 51.6 Å². The number of likely N-dealkylation sites (N-methyl/N-ethyl adjacent to an activating group) is 1. The highest BCUT2D eigenvalue weighted by Crippen LogP contribution is 2.28. The van der Waals surface area contributed by atoms with Crippen LogP contribution in [0, 0.1) is 5.92 Å². The number of nitrogens with one attached hydrogen (secondary N) is 1. The van der Waals surface area contributed by atoms with Crippen LogP contribution in [0.5, 0.6) is 0 Å². The minimum atomic E-state index is 0.767. The summed E-state index contributed by atoms with van der Waals surface area (Å²) < 4.78 is 0. The zero-order chi connectivity index (χ0) is 10.7. The van der Waals surface area contributed by atoms with E-state index < -0.39 is 0 Å². The van der Waals surface area contributed by atoms with Gasteiger partial charge in [-0.05, 0) is 51.7 Å². The maximum atomic E-state index is 3.49. The van der Waals surface area contributed by atoms with E-state index in [1.54, 1.807) is 0 Å². The normalized spacial score (nSPS) is 34.8. The van der Waals surface area contributed by atoms with Crippen LogP contribution >= 0.6 is 0 Å². The fraction of sp³-hybridized carbons (Fsp3) is 1.00. The van der Waals surface area contributed by atoms with Crippen molar-refractivity contribution < 1.29 is 0 Å². The maximum absolute atomic E-state index is 3.49. The fourth-order valence-electron chi connectivity index (χ4n) is 3.41. The Hall–Kier alpha value is -0.0800. The van der Waals surface area contributed by atoms with E-state index in [4.69, 9.17) is 0 Å². The number of hydrogen-bond donors (Lipinski definition) is 1. The van der Waals surface area contributed by atoms with E-state index in [1.807, 2.05) is 0 Å². The van der Waals surface area contributed by atoms with Crippen LogP contribution in [0.25, 0.3) is 0 Å². The smallest absolute Gasteiger partial charge is 0.0249 e. The Morgan fingerprint density at radius 1 is 1.13 bits per heavy atom. The molecular weight excluding hydrogens is 184 g/mol. The van der Waals surface area contributed by atoms with E-state index in [9.17, 15) is 0 Å². The molecule has 0 aromatic carbocycles. The molecule has 88 valence electrons. The SMILES string of the molecule is CCC1CCN(C2CCCC2NC)CC1. The fourth-order valence-corrected chi connectivity index (χ4v) is 3.41. The predicted octanol–water partition coefficient (Wildman–Crippen LogP) is 2.25. The van der Waals surface area contributed by atoms with Gasteiger partial charge in [0.1, 0.15) is 0 Å². The first kappa shape index (κ1) is 11.4. The Morgan fingerprint density at radius 2 is 1.87 bits per heavy atom. The van der Waals surface area contributed by atoms with Crippen molar-refractivity contribution in [2.45, 2.75) is 57.5 Å². The minimum Gasteiger partial charge on any atom is -0.315 e. The second-order valence-corrected chi connectivity index (χ2v) is 5.28. The van der Waals surface area contributed by atoms with Gasteiger partial charge in [-0.1, -0.05) is 19.8 Å². The molecule has 1 N–H and O–H groups in total. The van der Waals surface area contributed by atoms with E-state index >= 15 is 0 Å². The van der Waals surface area contributed by atoms with Crippen LogP contribution in [0.2, 0.25) is 0 Å². The Balaban J connectivity index is 1.84. The van der Waals surface area contributed by atoms with Gasteiger partial charge in [-0.15, -0.1) is 0 Å². The summed E-state index contributed by atoms with van der Waals surface area (Å²) in [6.07, 6.45) is 8.47. The van der Waals surface area contributed by atoms with Gasteiger partial charge in [-0.25, -0.2) is 0 Å². The van der Waals surface area contributed by atoms with E-state index in [0.29, 0.717) is 0 Å². The van der Waals surface area contributed by atoms with Crippen molar-refractivity contribution in [2.75, 3.05) is 20.1 Å². The standard InChI is InChI=1S/C13H26N2/c1-3-11-7-9-15(10-8-11)13-6-4-5-12(13)14-2/h11-14H,3-10H2,1-2H3. The molecule has 2 atom stereocenters. The molecule has 15 heavy (non-hydrogen) atoms. The van der Waals surface area contributed by atoms with Crippen LogP contribution < -0.4 is 5.32 Å². The summed E-state index contributed by atoms with van der Waals surface area (Å²) in [5.41, 5.74) is 0. The molecule has 1 saturated carbocycles. The lowest BCUT2D eigenvalue weighted by Gasteiger charge is -2.38. The highest BCUT2D eigenvalue weighted by Gasteiger charge is 2.32. The van der Waals surface area contributed by atoms with Gasteiger partial charge in [0.2, 0.25) is 0 Å². The molecule has 2 aliphatic rings. The number of likely N-dealkylation sites (tertiary alicyclic amines) is 1. The molecule has 1 aliphatic heterocycles. The summed E-state index contributed by atoms with van der Waals surface area (Å²) >= 11 is 0. The third kappa shape index (κ3) is 2.54. The second kappa shape index (κ2) is 5.31. The van der Waals surface area contributed by atoms with Gasteiger partial charge >= 0.3 is 0 Å². The largest absolute Gasteiger partial charge is 0.315 e. The number of rotatable bonds is 3. The van der Waals surface area contributed by atoms with Crippen LogP contribution in [-0.2, 0) is 0 Å². The third-order valence-corrected chi connectivity index (χ3v) is 4.55. The van der Waals surface area contributed by atoms with E-state index in [-0.39, 0.29) is 0 Å². The Labute approximate surface area is 94.4 Å². The van der Waals surface area contributed by atoms with Gasteiger partial charge in [-0.3, -0.25) is 4.90 Å². The molecule has 0 radical (unpaired) electrons. The summed E-state index contributed by atoms with van der Waals surface area (Å²) in [5.74, 6) is 1.01. The molecule has 0 aromatic heterocycles. The van der Waals surface area contributed by atoms with Crippen molar-refractivity contribution in [2.24, 2.45) is 5.92 Å². The molecule has 0 bridgehead atoms. The van der Waals surface area contributed by atoms with Crippen molar-refractivity contribution in [3.63, 3.8) is 0 Å². The van der Waals surface area contributed by atoms with E-state index in [0.717, 1.165) is 18.0 Å². The topological polar surface area (TPSA) is 15.3 Å². The average molecular weight is 210 g/mol. The highest BCUT2D eigenvalue weighted by atomic mass is 15.2. The Morgan fingerprint density at radius 3 is 2.47 bits per heavy atom. The monoisotopic (exact) mass is 210 g/mol. The molecule has 2 heteroatoms. The number of nitrogens with zero attached hydrogens (tertiary/aromatic N) is 1. The Bertz CT molecular complexity index is 185.